The number of benzene rings is 1. The molecular formula is C18H21N3O3S. The molecule has 1 aliphatic rings. The van der Waals surface area contributed by atoms with Crippen LogP contribution in [-0.4, -0.2) is 44.7 Å². The van der Waals surface area contributed by atoms with Crippen molar-refractivity contribution < 1.29 is 14.3 Å². The van der Waals surface area contributed by atoms with Gasteiger partial charge in [-0.1, -0.05) is 0 Å². The van der Waals surface area contributed by atoms with Crippen molar-refractivity contribution in [3.63, 3.8) is 0 Å². The van der Waals surface area contributed by atoms with Crippen LogP contribution in [0.1, 0.15) is 16.8 Å². The molecule has 2 amide bonds. The molecule has 0 aliphatic carbocycles. The number of thiophene rings is 1. The Morgan fingerprint density at radius 2 is 1.88 bits per heavy atom. The largest absolute Gasteiger partial charge is 0.378 e. The first-order valence-electron chi connectivity index (χ1n) is 8.25. The number of anilines is 2. The highest BCUT2D eigenvalue weighted by Crippen LogP contribution is 2.19. The fourth-order valence-electron chi connectivity index (χ4n) is 2.59. The van der Waals surface area contributed by atoms with Crippen LogP contribution in [0.2, 0.25) is 0 Å². The quantitative estimate of drug-likeness (QED) is 0.831. The third kappa shape index (κ3) is 5.04. The van der Waals surface area contributed by atoms with Crippen LogP contribution >= 0.6 is 11.3 Å². The summed E-state index contributed by atoms with van der Waals surface area (Å²) in [4.78, 5) is 26.0. The van der Waals surface area contributed by atoms with Gasteiger partial charge in [-0.2, -0.15) is 11.3 Å². The lowest BCUT2D eigenvalue weighted by atomic mass is 10.2. The summed E-state index contributed by atoms with van der Waals surface area (Å²) in [6.07, 6.45) is 0.237. The molecule has 2 heterocycles. The van der Waals surface area contributed by atoms with Crippen molar-refractivity contribution in [1.29, 1.82) is 0 Å². The van der Waals surface area contributed by atoms with Crippen molar-refractivity contribution in [3.8, 4) is 0 Å². The van der Waals surface area contributed by atoms with Crippen LogP contribution in [-0.2, 0) is 9.53 Å². The molecule has 0 spiro atoms. The molecule has 1 aliphatic heterocycles. The summed E-state index contributed by atoms with van der Waals surface area (Å²) in [5, 5.41) is 9.22. The minimum atomic E-state index is -0.149. The Morgan fingerprint density at radius 1 is 1.12 bits per heavy atom. The van der Waals surface area contributed by atoms with Gasteiger partial charge in [-0.3, -0.25) is 9.59 Å². The molecule has 1 fully saturated rings. The Labute approximate surface area is 150 Å². The monoisotopic (exact) mass is 359 g/mol. The summed E-state index contributed by atoms with van der Waals surface area (Å²) >= 11 is 1.47. The Morgan fingerprint density at radius 3 is 2.56 bits per heavy atom. The second kappa shape index (κ2) is 8.64. The predicted octanol–water partition coefficient (Wildman–Crippen LogP) is 2.34. The van der Waals surface area contributed by atoms with E-state index < -0.39 is 0 Å². The number of hydrogen-bond donors (Lipinski definition) is 2. The van der Waals surface area contributed by atoms with Gasteiger partial charge in [0, 0.05) is 48.4 Å². The molecule has 0 radical (unpaired) electrons. The van der Waals surface area contributed by atoms with Crippen LogP contribution in [0.3, 0.4) is 0 Å². The van der Waals surface area contributed by atoms with Crippen LogP contribution < -0.4 is 15.5 Å². The highest BCUT2D eigenvalue weighted by Gasteiger charge is 2.11. The van der Waals surface area contributed by atoms with Crippen molar-refractivity contribution in [3.05, 3.63) is 46.7 Å². The Kier molecular flexibility index (Phi) is 6.03. The molecule has 1 aromatic carbocycles. The maximum atomic E-state index is 12.0. The fraction of sp³-hybridized carbons (Fsp3) is 0.333. The molecule has 0 bridgehead atoms. The third-order valence-electron chi connectivity index (χ3n) is 3.95. The second-order valence-electron chi connectivity index (χ2n) is 5.71. The van der Waals surface area contributed by atoms with Crippen molar-refractivity contribution in [2.45, 2.75) is 6.42 Å². The zero-order valence-electron chi connectivity index (χ0n) is 13.9. The molecule has 1 saturated heterocycles. The Bertz CT molecular complexity index is 695. The summed E-state index contributed by atoms with van der Waals surface area (Å²) < 4.78 is 5.35. The average Bonchev–Trinajstić information content (AvgIpc) is 3.18. The molecular weight excluding hydrogens is 338 g/mol. The van der Waals surface area contributed by atoms with E-state index in [0.29, 0.717) is 12.1 Å². The fourth-order valence-corrected chi connectivity index (χ4v) is 3.22. The number of carbonyl (C=O) groups is 2. The summed E-state index contributed by atoms with van der Waals surface area (Å²) in [6.45, 7) is 3.57. The van der Waals surface area contributed by atoms with E-state index in [0.717, 1.165) is 37.7 Å². The van der Waals surface area contributed by atoms with Crippen molar-refractivity contribution >= 4 is 34.5 Å². The molecule has 6 nitrogen and oxygen atoms in total. The summed E-state index contributed by atoms with van der Waals surface area (Å²) in [7, 11) is 0. The van der Waals surface area contributed by atoms with Crippen LogP contribution in [0.15, 0.2) is 41.1 Å². The summed E-state index contributed by atoms with van der Waals surface area (Å²) in [6, 6.07) is 9.55. The maximum absolute atomic E-state index is 12.0. The van der Waals surface area contributed by atoms with Gasteiger partial charge in [-0.15, -0.1) is 0 Å². The SMILES string of the molecule is O=C(CCNC(=O)c1ccsc1)Nc1ccc(N2CCOCC2)cc1. The lowest BCUT2D eigenvalue weighted by Gasteiger charge is -2.28. The summed E-state index contributed by atoms with van der Waals surface area (Å²) in [5.74, 6) is -0.270. The Balaban J connectivity index is 1.42. The Hall–Kier alpha value is -2.38. The van der Waals surface area contributed by atoms with Gasteiger partial charge in [-0.05, 0) is 35.7 Å². The van der Waals surface area contributed by atoms with Gasteiger partial charge in [0.05, 0.1) is 13.2 Å². The van der Waals surface area contributed by atoms with Crippen molar-refractivity contribution in [2.24, 2.45) is 0 Å². The first-order valence-corrected chi connectivity index (χ1v) is 9.20. The zero-order chi connectivity index (χ0) is 17.5. The van der Waals surface area contributed by atoms with Gasteiger partial charge in [-0.25, -0.2) is 0 Å². The van der Waals surface area contributed by atoms with Gasteiger partial charge >= 0.3 is 0 Å². The third-order valence-corrected chi connectivity index (χ3v) is 4.63. The number of ether oxygens (including phenoxy) is 1. The van der Waals surface area contributed by atoms with Crippen LogP contribution in [0, 0.1) is 0 Å². The van der Waals surface area contributed by atoms with E-state index in [4.69, 9.17) is 4.74 Å². The molecule has 7 heteroatoms. The first-order chi connectivity index (χ1) is 12.2. The molecule has 2 N–H and O–H groups in total. The van der Waals surface area contributed by atoms with Crippen molar-refractivity contribution in [2.75, 3.05) is 43.1 Å². The molecule has 0 saturated carbocycles. The number of amides is 2. The number of morpholine rings is 1. The number of carbonyl (C=O) groups excluding carboxylic acids is 2. The lowest BCUT2D eigenvalue weighted by molar-refractivity contribution is -0.116. The van der Waals surface area contributed by atoms with E-state index in [-0.39, 0.29) is 18.2 Å². The normalized spacial score (nSPS) is 14.2. The van der Waals surface area contributed by atoms with E-state index >= 15 is 0 Å². The van der Waals surface area contributed by atoms with Crippen LogP contribution in [0.25, 0.3) is 0 Å². The summed E-state index contributed by atoms with van der Waals surface area (Å²) in [5.41, 5.74) is 2.51. The predicted molar refractivity (Wildman–Crippen MR) is 99.4 cm³/mol. The minimum Gasteiger partial charge on any atom is -0.378 e. The molecule has 2 aromatic rings. The molecule has 25 heavy (non-hydrogen) atoms. The smallest absolute Gasteiger partial charge is 0.252 e. The van der Waals surface area contributed by atoms with E-state index in [2.05, 4.69) is 15.5 Å². The topological polar surface area (TPSA) is 70.7 Å². The van der Waals surface area contributed by atoms with E-state index in [1.807, 2.05) is 29.6 Å². The molecule has 132 valence electrons. The first kappa shape index (κ1) is 17.4. The highest BCUT2D eigenvalue weighted by molar-refractivity contribution is 7.08. The van der Waals surface area contributed by atoms with E-state index in [1.54, 1.807) is 11.4 Å². The zero-order valence-corrected chi connectivity index (χ0v) is 14.7. The van der Waals surface area contributed by atoms with Crippen molar-refractivity contribution in [1.82, 2.24) is 5.32 Å². The number of rotatable bonds is 6. The van der Waals surface area contributed by atoms with E-state index in [9.17, 15) is 9.59 Å². The molecule has 0 unspecified atom stereocenters. The standard InChI is InChI=1S/C18H21N3O3S/c22-17(5-7-19-18(23)14-6-12-25-13-14)20-15-1-3-16(4-2-15)21-8-10-24-11-9-21/h1-4,6,12-13H,5,7-11H2,(H,19,23)(H,20,22). The number of nitrogens with one attached hydrogen (secondary N) is 2. The van der Waals surface area contributed by atoms with Gasteiger partial charge in [0.25, 0.3) is 5.91 Å². The van der Waals surface area contributed by atoms with E-state index in [1.165, 1.54) is 11.3 Å². The van der Waals surface area contributed by atoms with Gasteiger partial charge in [0.2, 0.25) is 5.91 Å². The van der Waals surface area contributed by atoms with Gasteiger partial charge in [0.15, 0.2) is 0 Å². The maximum Gasteiger partial charge on any atom is 0.252 e. The molecule has 0 atom stereocenters. The van der Waals surface area contributed by atoms with Gasteiger partial charge < -0.3 is 20.3 Å². The van der Waals surface area contributed by atoms with Crippen LogP contribution in [0.5, 0.6) is 0 Å². The van der Waals surface area contributed by atoms with Crippen LogP contribution in [0.4, 0.5) is 11.4 Å². The number of hydrogen-bond acceptors (Lipinski definition) is 5. The molecule has 1 aromatic heterocycles. The minimum absolute atomic E-state index is 0.121. The number of nitrogens with zero attached hydrogens (tertiary/aromatic N) is 1. The average molecular weight is 359 g/mol. The highest BCUT2D eigenvalue weighted by atomic mass is 32.1. The molecule has 3 rings (SSSR count). The van der Waals surface area contributed by atoms with Gasteiger partial charge in [0.1, 0.15) is 0 Å². The lowest BCUT2D eigenvalue weighted by Crippen LogP contribution is -2.36. The second-order valence-corrected chi connectivity index (χ2v) is 6.49.